The first-order valence-corrected chi connectivity index (χ1v) is 7.89. The highest BCUT2D eigenvalue weighted by atomic mass is 15.3. The molecular weight excluding hydrogens is 290 g/mol. The smallest absolute Gasteiger partial charge is 0.227 e. The molecule has 1 atom stereocenters. The Morgan fingerprint density at radius 1 is 1.39 bits per heavy atom. The minimum absolute atomic E-state index is 0.177. The Balaban J connectivity index is 1.58. The summed E-state index contributed by atoms with van der Waals surface area (Å²) in [4.78, 5) is 11.0. The van der Waals surface area contributed by atoms with Gasteiger partial charge in [0.2, 0.25) is 5.95 Å². The van der Waals surface area contributed by atoms with Crippen molar-refractivity contribution in [3.63, 3.8) is 0 Å². The molecule has 1 aliphatic carbocycles. The van der Waals surface area contributed by atoms with Gasteiger partial charge in [-0.3, -0.25) is 5.10 Å². The Labute approximate surface area is 134 Å². The summed E-state index contributed by atoms with van der Waals surface area (Å²) in [6, 6.07) is 2.20. The lowest BCUT2D eigenvalue weighted by Crippen LogP contribution is -2.27. The van der Waals surface area contributed by atoms with Gasteiger partial charge in [0.15, 0.2) is 5.82 Å². The van der Waals surface area contributed by atoms with Crippen LogP contribution in [-0.4, -0.2) is 39.3 Å². The lowest BCUT2D eigenvalue weighted by Gasteiger charge is -2.16. The molecule has 0 amide bonds. The van der Waals surface area contributed by atoms with E-state index in [1.54, 1.807) is 6.20 Å². The summed E-state index contributed by atoms with van der Waals surface area (Å²) in [6.45, 7) is 1.64. The number of rotatable bonds is 4. The standard InChI is InChI=1S/C16H19N7/c1-2-10-8-18-16(23-6-5-12(17)9-23)20-15(10)19-14-7-13(21-22-14)11-3-4-11/h1,7-8,11-12H,3-6,9,17H2,(H2,18,19,20,21,22)/t12-/m1/s1. The monoisotopic (exact) mass is 309 g/mol. The van der Waals surface area contributed by atoms with E-state index in [-0.39, 0.29) is 6.04 Å². The fraction of sp³-hybridized carbons (Fsp3) is 0.438. The number of terminal acetylenes is 1. The van der Waals surface area contributed by atoms with Crippen LogP contribution in [0.3, 0.4) is 0 Å². The van der Waals surface area contributed by atoms with Crippen LogP contribution in [0.25, 0.3) is 0 Å². The lowest BCUT2D eigenvalue weighted by molar-refractivity contribution is 0.750. The average molecular weight is 309 g/mol. The molecule has 4 rings (SSSR count). The third kappa shape index (κ3) is 2.85. The first-order chi connectivity index (χ1) is 11.2. The zero-order chi connectivity index (χ0) is 15.8. The summed E-state index contributed by atoms with van der Waals surface area (Å²) in [5.74, 6) is 5.28. The molecule has 4 N–H and O–H groups in total. The fourth-order valence-electron chi connectivity index (χ4n) is 2.81. The highest BCUT2D eigenvalue weighted by Gasteiger charge is 2.26. The minimum atomic E-state index is 0.177. The predicted molar refractivity (Wildman–Crippen MR) is 88.6 cm³/mol. The summed E-state index contributed by atoms with van der Waals surface area (Å²) >= 11 is 0. The molecule has 0 radical (unpaired) electrons. The molecule has 0 spiro atoms. The SMILES string of the molecule is C#Cc1cnc(N2CC[C@@H](N)C2)nc1Nc1cc(C2CC2)n[nH]1. The van der Waals surface area contributed by atoms with Crippen molar-refractivity contribution in [2.75, 3.05) is 23.3 Å². The van der Waals surface area contributed by atoms with E-state index < -0.39 is 0 Å². The molecule has 0 aromatic carbocycles. The van der Waals surface area contributed by atoms with Gasteiger partial charge in [-0.05, 0) is 19.3 Å². The van der Waals surface area contributed by atoms with Crippen molar-refractivity contribution in [3.8, 4) is 12.3 Å². The highest BCUT2D eigenvalue weighted by molar-refractivity contribution is 5.62. The number of aromatic amines is 1. The fourth-order valence-corrected chi connectivity index (χ4v) is 2.81. The number of nitrogens with one attached hydrogen (secondary N) is 2. The maximum absolute atomic E-state index is 5.96. The van der Waals surface area contributed by atoms with Crippen LogP contribution >= 0.6 is 0 Å². The molecule has 1 aliphatic heterocycles. The molecule has 2 fully saturated rings. The highest BCUT2D eigenvalue weighted by Crippen LogP contribution is 2.39. The molecule has 2 aromatic rings. The van der Waals surface area contributed by atoms with Crippen LogP contribution in [0.2, 0.25) is 0 Å². The molecule has 7 nitrogen and oxygen atoms in total. The van der Waals surface area contributed by atoms with Crippen LogP contribution in [0, 0.1) is 12.3 Å². The summed E-state index contributed by atoms with van der Waals surface area (Å²) in [6.07, 6.45) is 10.6. The van der Waals surface area contributed by atoms with Gasteiger partial charge in [0, 0.05) is 31.1 Å². The van der Waals surface area contributed by atoms with E-state index in [0.29, 0.717) is 23.2 Å². The van der Waals surface area contributed by atoms with Crippen LogP contribution in [0.1, 0.15) is 36.4 Å². The first-order valence-electron chi connectivity index (χ1n) is 7.89. The van der Waals surface area contributed by atoms with Crippen molar-refractivity contribution in [2.24, 2.45) is 5.73 Å². The molecule has 0 bridgehead atoms. The van der Waals surface area contributed by atoms with Crippen LogP contribution in [0.15, 0.2) is 12.3 Å². The summed E-state index contributed by atoms with van der Waals surface area (Å²) in [5, 5.41) is 10.6. The van der Waals surface area contributed by atoms with E-state index >= 15 is 0 Å². The van der Waals surface area contributed by atoms with Crippen molar-refractivity contribution >= 4 is 17.6 Å². The van der Waals surface area contributed by atoms with E-state index in [9.17, 15) is 0 Å². The van der Waals surface area contributed by atoms with Gasteiger partial charge in [-0.1, -0.05) is 5.92 Å². The van der Waals surface area contributed by atoms with E-state index in [4.69, 9.17) is 12.2 Å². The topological polar surface area (TPSA) is 95.8 Å². The maximum atomic E-state index is 5.96. The normalized spacial score (nSPS) is 20.5. The molecule has 23 heavy (non-hydrogen) atoms. The molecular formula is C16H19N7. The largest absolute Gasteiger partial charge is 0.339 e. The van der Waals surface area contributed by atoms with Crippen molar-refractivity contribution in [1.29, 1.82) is 0 Å². The van der Waals surface area contributed by atoms with Gasteiger partial charge in [0.25, 0.3) is 0 Å². The number of anilines is 3. The Morgan fingerprint density at radius 2 is 2.26 bits per heavy atom. The van der Waals surface area contributed by atoms with Crippen molar-refractivity contribution < 1.29 is 0 Å². The lowest BCUT2D eigenvalue weighted by atomic mass is 10.3. The van der Waals surface area contributed by atoms with Gasteiger partial charge in [-0.2, -0.15) is 10.1 Å². The van der Waals surface area contributed by atoms with Gasteiger partial charge in [0.1, 0.15) is 5.82 Å². The van der Waals surface area contributed by atoms with E-state index in [1.165, 1.54) is 12.8 Å². The zero-order valence-electron chi connectivity index (χ0n) is 12.8. The van der Waals surface area contributed by atoms with Crippen molar-refractivity contribution in [1.82, 2.24) is 20.2 Å². The molecule has 7 heteroatoms. The number of H-pyrrole nitrogens is 1. The quantitative estimate of drug-likeness (QED) is 0.738. The molecule has 2 aromatic heterocycles. The van der Waals surface area contributed by atoms with Gasteiger partial charge in [-0.15, -0.1) is 6.42 Å². The van der Waals surface area contributed by atoms with Crippen LogP contribution in [-0.2, 0) is 0 Å². The van der Waals surface area contributed by atoms with Gasteiger partial charge >= 0.3 is 0 Å². The number of hydrogen-bond donors (Lipinski definition) is 3. The van der Waals surface area contributed by atoms with E-state index in [0.717, 1.165) is 31.0 Å². The first kappa shape index (κ1) is 14.0. The maximum Gasteiger partial charge on any atom is 0.227 e. The second-order valence-corrected chi connectivity index (χ2v) is 6.18. The molecule has 3 heterocycles. The van der Waals surface area contributed by atoms with Gasteiger partial charge < -0.3 is 16.0 Å². The molecule has 2 aliphatic rings. The number of nitrogens with zero attached hydrogens (tertiary/aromatic N) is 4. The van der Waals surface area contributed by atoms with E-state index in [1.807, 2.05) is 6.07 Å². The minimum Gasteiger partial charge on any atom is -0.339 e. The number of aromatic nitrogens is 4. The van der Waals surface area contributed by atoms with Crippen LogP contribution in [0.5, 0.6) is 0 Å². The summed E-state index contributed by atoms with van der Waals surface area (Å²) in [5.41, 5.74) is 7.68. The Bertz CT molecular complexity index is 756. The predicted octanol–water partition coefficient (Wildman–Crippen LogP) is 1.34. The Hall–Kier alpha value is -2.59. The van der Waals surface area contributed by atoms with E-state index in [2.05, 4.69) is 36.3 Å². The average Bonchev–Trinajstić information content (AvgIpc) is 3.15. The van der Waals surface area contributed by atoms with Crippen LogP contribution < -0.4 is 16.0 Å². The molecule has 1 saturated heterocycles. The van der Waals surface area contributed by atoms with Gasteiger partial charge in [0.05, 0.1) is 17.5 Å². The number of hydrogen-bond acceptors (Lipinski definition) is 6. The second-order valence-electron chi connectivity index (χ2n) is 6.18. The van der Waals surface area contributed by atoms with Crippen molar-refractivity contribution in [2.45, 2.75) is 31.2 Å². The van der Waals surface area contributed by atoms with Crippen LogP contribution in [0.4, 0.5) is 17.6 Å². The van der Waals surface area contributed by atoms with Crippen molar-refractivity contribution in [3.05, 3.63) is 23.5 Å². The third-order valence-corrected chi connectivity index (χ3v) is 4.29. The molecule has 0 unspecified atom stereocenters. The number of nitrogens with two attached hydrogens (primary N) is 1. The summed E-state index contributed by atoms with van der Waals surface area (Å²) < 4.78 is 0. The summed E-state index contributed by atoms with van der Waals surface area (Å²) in [7, 11) is 0. The zero-order valence-corrected chi connectivity index (χ0v) is 12.8. The molecule has 1 saturated carbocycles. The Morgan fingerprint density at radius 3 is 2.96 bits per heavy atom. The molecule has 118 valence electrons. The Kier molecular flexibility index (Phi) is 3.39. The second kappa shape index (κ2) is 5.56. The third-order valence-electron chi connectivity index (χ3n) is 4.29. The van der Waals surface area contributed by atoms with Gasteiger partial charge in [-0.25, -0.2) is 4.98 Å².